The fraction of sp³-hybridized carbons (Fsp3) is 0.125. The monoisotopic (exact) mass is 300 g/mol. The Morgan fingerprint density at radius 2 is 1.86 bits per heavy atom. The van der Waals surface area contributed by atoms with Crippen molar-refractivity contribution >= 4 is 28.2 Å². The van der Waals surface area contributed by atoms with E-state index < -0.39 is 0 Å². The van der Waals surface area contributed by atoms with E-state index in [0.29, 0.717) is 10.4 Å². The van der Waals surface area contributed by atoms with Crippen LogP contribution in [0.15, 0.2) is 54.7 Å². The maximum atomic E-state index is 11.1. The molecular formula is C16H13ClN2O2. The van der Waals surface area contributed by atoms with E-state index in [1.165, 1.54) is 6.07 Å². The molecule has 1 aromatic heterocycles. The van der Waals surface area contributed by atoms with Crippen LogP contribution in [0.1, 0.15) is 18.5 Å². The second kappa shape index (κ2) is 5.22. The van der Waals surface area contributed by atoms with Crippen LogP contribution in [0.4, 0.5) is 5.69 Å². The zero-order valence-corrected chi connectivity index (χ0v) is 12.1. The van der Waals surface area contributed by atoms with Gasteiger partial charge in [-0.2, -0.15) is 0 Å². The number of hydrogen-bond donors (Lipinski definition) is 0. The van der Waals surface area contributed by atoms with Crippen LogP contribution in [0.3, 0.4) is 0 Å². The first-order valence-corrected chi connectivity index (χ1v) is 6.95. The van der Waals surface area contributed by atoms with Crippen molar-refractivity contribution in [2.75, 3.05) is 0 Å². The number of rotatable bonds is 3. The van der Waals surface area contributed by atoms with Gasteiger partial charge in [-0.3, -0.25) is 10.1 Å². The van der Waals surface area contributed by atoms with E-state index in [9.17, 15) is 10.1 Å². The summed E-state index contributed by atoms with van der Waals surface area (Å²) in [7, 11) is 0. The fourth-order valence-electron chi connectivity index (χ4n) is 2.57. The highest BCUT2D eigenvalue weighted by molar-refractivity contribution is 6.30. The minimum Gasteiger partial charge on any atom is -0.340 e. The summed E-state index contributed by atoms with van der Waals surface area (Å²) < 4.78 is 2.03. The van der Waals surface area contributed by atoms with Gasteiger partial charge in [-0.05, 0) is 36.8 Å². The zero-order chi connectivity index (χ0) is 15.0. The van der Waals surface area contributed by atoms with Crippen LogP contribution >= 0.6 is 11.6 Å². The third kappa shape index (κ3) is 2.38. The fourth-order valence-corrected chi connectivity index (χ4v) is 2.70. The number of nitro benzene ring substituents is 1. The molecule has 21 heavy (non-hydrogen) atoms. The van der Waals surface area contributed by atoms with Crippen molar-refractivity contribution in [3.8, 4) is 0 Å². The lowest BCUT2D eigenvalue weighted by molar-refractivity contribution is -0.383. The predicted molar refractivity (Wildman–Crippen MR) is 83.9 cm³/mol. The largest absolute Gasteiger partial charge is 0.340 e. The topological polar surface area (TPSA) is 48.1 Å². The average molecular weight is 301 g/mol. The van der Waals surface area contributed by atoms with E-state index in [1.807, 2.05) is 41.1 Å². The Hall–Kier alpha value is -2.33. The van der Waals surface area contributed by atoms with Crippen LogP contribution in [0.25, 0.3) is 10.9 Å². The Kier molecular flexibility index (Phi) is 3.39. The van der Waals surface area contributed by atoms with E-state index in [1.54, 1.807) is 12.1 Å². The minimum absolute atomic E-state index is 0.0711. The first kappa shape index (κ1) is 13.6. The van der Waals surface area contributed by atoms with Crippen LogP contribution in [-0.2, 0) is 0 Å². The van der Waals surface area contributed by atoms with Gasteiger partial charge in [0, 0.05) is 17.3 Å². The molecule has 4 nitrogen and oxygen atoms in total. The zero-order valence-electron chi connectivity index (χ0n) is 11.4. The molecule has 0 saturated heterocycles. The van der Waals surface area contributed by atoms with Crippen LogP contribution in [0.2, 0.25) is 5.02 Å². The van der Waals surface area contributed by atoms with Gasteiger partial charge in [-0.25, -0.2) is 0 Å². The lowest BCUT2D eigenvalue weighted by Crippen LogP contribution is -2.05. The van der Waals surface area contributed by atoms with Crippen molar-refractivity contribution in [3.05, 3.63) is 75.4 Å². The standard InChI is InChI=1S/C16H13ClN2O2/c1-11(12-5-7-13(17)8-6-12)18-10-9-14-15(18)3-2-4-16(14)19(20)21/h2-11H,1H3. The molecule has 0 N–H and O–H groups in total. The van der Waals surface area contributed by atoms with Gasteiger partial charge in [0.2, 0.25) is 0 Å². The quantitative estimate of drug-likeness (QED) is 0.514. The van der Waals surface area contributed by atoms with Crippen LogP contribution < -0.4 is 0 Å². The summed E-state index contributed by atoms with van der Waals surface area (Å²) in [6.45, 7) is 2.06. The summed E-state index contributed by atoms with van der Waals surface area (Å²) in [6.07, 6.45) is 1.89. The van der Waals surface area contributed by atoms with Gasteiger partial charge >= 0.3 is 0 Å². The summed E-state index contributed by atoms with van der Waals surface area (Å²) >= 11 is 5.91. The molecule has 106 valence electrons. The summed E-state index contributed by atoms with van der Waals surface area (Å²) in [4.78, 5) is 10.7. The second-order valence-electron chi connectivity index (χ2n) is 4.92. The molecule has 0 aliphatic rings. The number of fused-ring (bicyclic) bond motifs is 1. The molecule has 0 aliphatic carbocycles. The molecule has 3 rings (SSSR count). The van der Waals surface area contributed by atoms with Crippen molar-refractivity contribution in [3.63, 3.8) is 0 Å². The number of nitrogens with zero attached hydrogens (tertiary/aromatic N) is 2. The molecule has 1 heterocycles. The molecule has 5 heteroatoms. The summed E-state index contributed by atoms with van der Waals surface area (Å²) in [5.41, 5.74) is 2.09. The first-order chi connectivity index (χ1) is 10.1. The highest BCUT2D eigenvalue weighted by atomic mass is 35.5. The summed E-state index contributed by atoms with van der Waals surface area (Å²) in [5.74, 6) is 0. The molecule has 0 spiro atoms. The third-order valence-corrected chi connectivity index (χ3v) is 3.96. The van der Waals surface area contributed by atoms with Crippen LogP contribution in [0, 0.1) is 10.1 Å². The number of hydrogen-bond acceptors (Lipinski definition) is 2. The number of halogens is 1. The Bertz CT molecular complexity index is 809. The SMILES string of the molecule is CC(c1ccc(Cl)cc1)n1ccc2c([N+](=O)[O-])cccc21. The maximum absolute atomic E-state index is 11.1. The Morgan fingerprint density at radius 1 is 1.14 bits per heavy atom. The van der Waals surface area contributed by atoms with Crippen molar-refractivity contribution in [2.45, 2.75) is 13.0 Å². The smallest absolute Gasteiger partial charge is 0.278 e. The molecule has 0 aliphatic heterocycles. The maximum Gasteiger partial charge on any atom is 0.278 e. The van der Waals surface area contributed by atoms with Crippen molar-refractivity contribution in [1.29, 1.82) is 0 Å². The highest BCUT2D eigenvalue weighted by Gasteiger charge is 2.16. The van der Waals surface area contributed by atoms with Gasteiger partial charge in [0.15, 0.2) is 0 Å². The third-order valence-electron chi connectivity index (χ3n) is 3.71. The van der Waals surface area contributed by atoms with E-state index in [2.05, 4.69) is 6.92 Å². The van der Waals surface area contributed by atoms with E-state index in [-0.39, 0.29) is 16.7 Å². The van der Waals surface area contributed by atoms with Gasteiger partial charge in [0.25, 0.3) is 5.69 Å². The van der Waals surface area contributed by atoms with Gasteiger partial charge in [-0.15, -0.1) is 0 Å². The molecule has 2 aromatic carbocycles. The Morgan fingerprint density at radius 3 is 2.52 bits per heavy atom. The lowest BCUT2D eigenvalue weighted by atomic mass is 10.1. The van der Waals surface area contributed by atoms with Crippen LogP contribution in [0.5, 0.6) is 0 Å². The summed E-state index contributed by atoms with van der Waals surface area (Å²) in [6, 6.07) is 14.6. The molecular weight excluding hydrogens is 288 g/mol. The number of aromatic nitrogens is 1. The number of benzene rings is 2. The van der Waals surface area contributed by atoms with Crippen molar-refractivity contribution in [2.24, 2.45) is 0 Å². The van der Waals surface area contributed by atoms with Gasteiger partial charge < -0.3 is 4.57 Å². The Labute approximate surface area is 126 Å². The van der Waals surface area contributed by atoms with Crippen LogP contribution in [-0.4, -0.2) is 9.49 Å². The molecule has 0 saturated carbocycles. The minimum atomic E-state index is -0.348. The van der Waals surface area contributed by atoms with Gasteiger partial charge in [-0.1, -0.05) is 29.8 Å². The molecule has 0 fully saturated rings. The molecule has 0 bridgehead atoms. The molecule has 0 amide bonds. The molecule has 1 unspecified atom stereocenters. The van der Waals surface area contributed by atoms with E-state index in [0.717, 1.165) is 11.1 Å². The van der Waals surface area contributed by atoms with Gasteiger partial charge in [0.05, 0.1) is 21.9 Å². The molecule has 1 atom stereocenters. The first-order valence-electron chi connectivity index (χ1n) is 6.57. The summed E-state index contributed by atoms with van der Waals surface area (Å²) in [5, 5.41) is 12.4. The van der Waals surface area contributed by atoms with E-state index >= 15 is 0 Å². The Balaban J connectivity index is 2.11. The van der Waals surface area contributed by atoms with Crippen molar-refractivity contribution < 1.29 is 4.92 Å². The number of nitro groups is 1. The predicted octanol–water partition coefficient (Wildman–Crippen LogP) is 4.81. The average Bonchev–Trinajstić information content (AvgIpc) is 2.90. The number of non-ortho nitro benzene ring substituents is 1. The highest BCUT2D eigenvalue weighted by Crippen LogP contribution is 2.30. The van der Waals surface area contributed by atoms with Crippen molar-refractivity contribution in [1.82, 2.24) is 4.57 Å². The molecule has 0 radical (unpaired) electrons. The second-order valence-corrected chi connectivity index (χ2v) is 5.35. The molecule has 3 aromatic rings. The normalized spacial score (nSPS) is 12.5. The lowest BCUT2D eigenvalue weighted by Gasteiger charge is -2.16. The van der Waals surface area contributed by atoms with Gasteiger partial charge in [0.1, 0.15) is 0 Å². The van der Waals surface area contributed by atoms with E-state index in [4.69, 9.17) is 11.6 Å².